The predicted molar refractivity (Wildman–Crippen MR) is 52.5 cm³/mol. The van der Waals surface area contributed by atoms with Crippen LogP contribution in [0, 0.1) is 16.2 Å². The van der Waals surface area contributed by atoms with Gasteiger partial charge in [0.15, 0.2) is 0 Å². The fourth-order valence-electron chi connectivity index (χ4n) is 1.12. The summed E-state index contributed by atoms with van der Waals surface area (Å²) in [5.41, 5.74) is 0.872. The van der Waals surface area contributed by atoms with Gasteiger partial charge in [0.2, 0.25) is 0 Å². The third-order valence-corrected chi connectivity index (χ3v) is 1.50. The van der Waals surface area contributed by atoms with Gasteiger partial charge in [-0.05, 0) is 0 Å². The molecule has 1 nitrogen and oxygen atoms in total. The van der Waals surface area contributed by atoms with Crippen molar-refractivity contribution >= 4 is 15.0 Å². The van der Waals surface area contributed by atoms with E-state index in [1.54, 1.807) is 0 Å². The second kappa shape index (κ2) is 5.41. The summed E-state index contributed by atoms with van der Waals surface area (Å²) in [5.74, 6) is 0. The van der Waals surface area contributed by atoms with Crippen LogP contribution in [0.25, 0.3) is 0 Å². The summed E-state index contributed by atoms with van der Waals surface area (Å²) in [7, 11) is 4.64. The standard InChI is InChI=1S/C9H19N.ClH.Ti/c1-8(2,3)7(10)9(4,5)6;;/h10H,1-6H3;1H;/q;;+1/p-1. The molecule has 0 radical (unpaired) electrons. The van der Waals surface area contributed by atoms with Gasteiger partial charge in [-0.2, -0.15) is 0 Å². The van der Waals surface area contributed by atoms with Crippen molar-refractivity contribution in [1.82, 2.24) is 0 Å². The Bertz CT molecular complexity index is 126. The predicted octanol–water partition coefficient (Wildman–Crippen LogP) is 3.79. The number of hydrogen-bond donors (Lipinski definition) is 1. The Balaban J connectivity index is 0. The van der Waals surface area contributed by atoms with Crippen LogP contribution in [0.4, 0.5) is 0 Å². The molecule has 0 saturated heterocycles. The van der Waals surface area contributed by atoms with Crippen LogP contribution in [0.5, 0.6) is 0 Å². The van der Waals surface area contributed by atoms with Crippen LogP contribution in [-0.4, -0.2) is 5.71 Å². The fraction of sp³-hybridized carbons (Fsp3) is 0.889. The molecule has 0 aromatic rings. The Kier molecular flexibility index (Phi) is 6.84. The first-order chi connectivity index (χ1) is 5.15. The van der Waals surface area contributed by atoms with E-state index >= 15 is 0 Å². The molecule has 0 atom stereocenters. The molecule has 0 bridgehead atoms. The van der Waals surface area contributed by atoms with E-state index in [-0.39, 0.29) is 10.8 Å². The van der Waals surface area contributed by atoms with Crippen molar-refractivity contribution in [3.05, 3.63) is 0 Å². The zero-order valence-corrected chi connectivity index (χ0v) is 11.2. The summed E-state index contributed by atoms with van der Waals surface area (Å²) in [6.45, 7) is 12.5. The van der Waals surface area contributed by atoms with E-state index in [1.165, 1.54) is 19.4 Å². The second-order valence-electron chi connectivity index (χ2n) is 4.88. The Morgan fingerprint density at radius 3 is 1.08 bits per heavy atom. The topological polar surface area (TPSA) is 23.9 Å². The minimum absolute atomic E-state index is 0.0260. The van der Waals surface area contributed by atoms with E-state index in [4.69, 9.17) is 5.41 Å². The molecule has 0 amide bonds. The Morgan fingerprint density at radius 2 is 1.08 bits per heavy atom. The molecular formula is C9H19ClNTi. The number of hydrogen-bond acceptors (Lipinski definition) is 1. The van der Waals surface area contributed by atoms with Crippen molar-refractivity contribution in [2.24, 2.45) is 10.8 Å². The molecule has 0 heterocycles. The van der Waals surface area contributed by atoms with Crippen molar-refractivity contribution in [1.29, 1.82) is 5.41 Å². The molecule has 71 valence electrons. The van der Waals surface area contributed by atoms with Crippen LogP contribution in [0.15, 0.2) is 0 Å². The fourth-order valence-corrected chi connectivity index (χ4v) is 1.12. The second-order valence-corrected chi connectivity index (χ2v) is 4.88. The van der Waals surface area contributed by atoms with Crippen LogP contribution in [-0.2, 0) is 19.4 Å². The third kappa shape index (κ3) is 6.22. The summed E-state index contributed by atoms with van der Waals surface area (Å²) < 4.78 is 0. The maximum atomic E-state index is 7.79. The molecule has 0 aromatic carbocycles. The monoisotopic (exact) mass is 224 g/mol. The molecule has 0 aliphatic rings. The Labute approximate surface area is 92.1 Å². The summed E-state index contributed by atoms with van der Waals surface area (Å²) in [4.78, 5) is 0. The number of nitrogens with one attached hydrogen (secondary N) is 1. The van der Waals surface area contributed by atoms with Crippen molar-refractivity contribution in [2.45, 2.75) is 41.5 Å². The molecule has 0 saturated carbocycles. The van der Waals surface area contributed by atoms with Gasteiger partial charge in [0.25, 0.3) is 0 Å². The van der Waals surface area contributed by atoms with E-state index in [9.17, 15) is 0 Å². The van der Waals surface area contributed by atoms with E-state index in [0.29, 0.717) is 0 Å². The first kappa shape index (κ1) is 15.2. The molecule has 0 spiro atoms. The Morgan fingerprint density at radius 1 is 0.917 bits per heavy atom. The number of rotatable bonds is 0. The molecule has 0 aliphatic heterocycles. The van der Waals surface area contributed by atoms with Gasteiger partial charge < -0.3 is 5.41 Å². The normalized spacial score (nSPS) is 11.5. The van der Waals surface area contributed by atoms with Gasteiger partial charge in [-0.25, -0.2) is 0 Å². The summed E-state index contributed by atoms with van der Waals surface area (Å²) >= 11 is 1.47. The van der Waals surface area contributed by atoms with Gasteiger partial charge in [0, 0.05) is 16.5 Å². The van der Waals surface area contributed by atoms with E-state index in [1.807, 2.05) is 0 Å². The third-order valence-electron chi connectivity index (χ3n) is 1.50. The average molecular weight is 225 g/mol. The zero-order chi connectivity index (χ0) is 10.6. The first-order valence-electron chi connectivity index (χ1n) is 3.94. The molecule has 0 rings (SSSR count). The van der Waals surface area contributed by atoms with Gasteiger partial charge in [-0.1, -0.05) is 41.5 Å². The van der Waals surface area contributed by atoms with E-state index in [0.717, 1.165) is 5.71 Å². The molecule has 0 aliphatic carbocycles. The molecule has 0 aromatic heterocycles. The molecule has 3 heteroatoms. The summed E-state index contributed by atoms with van der Waals surface area (Å²) in [6.07, 6.45) is 0. The summed E-state index contributed by atoms with van der Waals surface area (Å²) in [5, 5.41) is 7.79. The zero-order valence-electron chi connectivity index (χ0n) is 8.88. The first-order valence-corrected chi connectivity index (χ1v) is 6.09. The molecule has 1 N–H and O–H groups in total. The SMILES string of the molecule is CC(C)(C)C(=N)C(C)(C)C.[Cl][Ti]. The van der Waals surface area contributed by atoms with E-state index in [2.05, 4.69) is 50.8 Å². The number of halogens is 1. The van der Waals surface area contributed by atoms with Gasteiger partial charge >= 0.3 is 28.7 Å². The quantitative estimate of drug-likeness (QED) is 0.478. The van der Waals surface area contributed by atoms with Gasteiger partial charge in [-0.15, -0.1) is 0 Å². The van der Waals surface area contributed by atoms with E-state index < -0.39 is 0 Å². The molecular weight excluding hydrogens is 205 g/mol. The van der Waals surface area contributed by atoms with Crippen molar-refractivity contribution in [2.75, 3.05) is 0 Å². The van der Waals surface area contributed by atoms with Crippen LogP contribution >= 0.6 is 9.30 Å². The van der Waals surface area contributed by atoms with Crippen LogP contribution in [0.2, 0.25) is 0 Å². The van der Waals surface area contributed by atoms with Crippen molar-refractivity contribution in [3.63, 3.8) is 0 Å². The van der Waals surface area contributed by atoms with Crippen LogP contribution in [0.3, 0.4) is 0 Å². The van der Waals surface area contributed by atoms with Crippen LogP contribution < -0.4 is 0 Å². The van der Waals surface area contributed by atoms with Crippen LogP contribution in [0.1, 0.15) is 41.5 Å². The van der Waals surface area contributed by atoms with Crippen molar-refractivity contribution < 1.29 is 19.4 Å². The summed E-state index contributed by atoms with van der Waals surface area (Å²) in [6, 6.07) is 0. The Hall–Kier alpha value is 0.674. The van der Waals surface area contributed by atoms with Gasteiger partial charge in [0.1, 0.15) is 0 Å². The molecule has 0 unspecified atom stereocenters. The molecule has 12 heavy (non-hydrogen) atoms. The average Bonchev–Trinajstić information content (AvgIpc) is 1.87. The maximum absolute atomic E-state index is 7.79. The molecule has 0 fully saturated rings. The van der Waals surface area contributed by atoms with Gasteiger partial charge in [0.05, 0.1) is 0 Å². The van der Waals surface area contributed by atoms with Crippen molar-refractivity contribution in [3.8, 4) is 0 Å². The van der Waals surface area contributed by atoms with Gasteiger partial charge in [-0.3, -0.25) is 0 Å². The minimum atomic E-state index is 0.0260.